The molecule has 0 spiro atoms. The zero-order valence-electron chi connectivity index (χ0n) is 6.35. The lowest BCUT2D eigenvalue weighted by Crippen LogP contribution is -2.09. The number of hydrogen-bond acceptors (Lipinski definition) is 2. The van der Waals surface area contributed by atoms with E-state index in [4.69, 9.17) is 46.4 Å². The number of hydrogen-bond donors (Lipinski definition) is 1. The van der Waals surface area contributed by atoms with Gasteiger partial charge in [-0.2, -0.15) is 0 Å². The van der Waals surface area contributed by atoms with Crippen LogP contribution >= 0.6 is 46.4 Å². The van der Waals surface area contributed by atoms with Crippen LogP contribution < -0.4 is 5.43 Å². The van der Waals surface area contributed by atoms with Gasteiger partial charge in [0.2, 0.25) is 0 Å². The standard InChI is InChI=1S/C6H2Cl4N2O2/c7-2-1-3(8)5(10)6(4(2)9)11-12(13)14/h1,11H. The largest absolute Gasteiger partial charge is 0.235 e. The van der Waals surface area contributed by atoms with E-state index in [0.29, 0.717) is 0 Å². The first kappa shape index (κ1) is 11.7. The fraction of sp³-hybridized carbons (Fsp3) is 0. The van der Waals surface area contributed by atoms with Crippen molar-refractivity contribution in [2.45, 2.75) is 0 Å². The van der Waals surface area contributed by atoms with Crippen LogP contribution in [0.5, 0.6) is 0 Å². The second kappa shape index (κ2) is 4.40. The van der Waals surface area contributed by atoms with E-state index in [1.165, 1.54) is 6.07 Å². The molecule has 1 aromatic carbocycles. The Morgan fingerprint density at radius 2 is 1.57 bits per heavy atom. The summed E-state index contributed by atoms with van der Waals surface area (Å²) in [4.78, 5) is 10.2. The van der Waals surface area contributed by atoms with Gasteiger partial charge < -0.3 is 0 Å². The van der Waals surface area contributed by atoms with Crippen molar-refractivity contribution >= 4 is 52.1 Å². The molecule has 0 aliphatic rings. The van der Waals surface area contributed by atoms with E-state index in [1.807, 2.05) is 5.43 Å². The lowest BCUT2D eigenvalue weighted by molar-refractivity contribution is -0.445. The minimum absolute atomic E-state index is 0.0437. The summed E-state index contributed by atoms with van der Waals surface area (Å²) in [5.74, 6) is 0. The van der Waals surface area contributed by atoms with Gasteiger partial charge in [0.15, 0.2) is 5.03 Å². The van der Waals surface area contributed by atoms with Crippen LogP contribution in [0, 0.1) is 10.1 Å². The van der Waals surface area contributed by atoms with Gasteiger partial charge in [0.25, 0.3) is 0 Å². The Labute approximate surface area is 98.8 Å². The Kier molecular flexibility index (Phi) is 3.66. The van der Waals surface area contributed by atoms with Crippen LogP contribution in [0.4, 0.5) is 5.69 Å². The molecule has 0 atom stereocenters. The van der Waals surface area contributed by atoms with E-state index in [2.05, 4.69) is 0 Å². The van der Waals surface area contributed by atoms with Gasteiger partial charge in [-0.1, -0.05) is 46.4 Å². The highest BCUT2D eigenvalue weighted by molar-refractivity contribution is 6.50. The number of rotatable bonds is 2. The normalized spacial score (nSPS) is 10.0. The van der Waals surface area contributed by atoms with E-state index in [1.54, 1.807) is 0 Å². The van der Waals surface area contributed by atoms with Gasteiger partial charge >= 0.3 is 0 Å². The molecule has 0 aliphatic heterocycles. The summed E-state index contributed by atoms with van der Waals surface area (Å²) in [5.41, 5.74) is 1.70. The lowest BCUT2D eigenvalue weighted by Gasteiger charge is -2.06. The molecule has 76 valence electrons. The van der Waals surface area contributed by atoms with E-state index in [-0.39, 0.29) is 25.8 Å². The van der Waals surface area contributed by atoms with Crippen LogP contribution in [-0.2, 0) is 0 Å². The predicted octanol–water partition coefficient (Wildman–Crippen LogP) is 3.90. The Bertz CT molecular complexity index is 370. The quantitative estimate of drug-likeness (QED) is 0.506. The van der Waals surface area contributed by atoms with Crippen molar-refractivity contribution in [3.63, 3.8) is 0 Å². The fourth-order valence-electron chi connectivity index (χ4n) is 0.763. The average Bonchev–Trinajstić information content (AvgIpc) is 2.09. The number of nitro groups is 1. The van der Waals surface area contributed by atoms with Crippen LogP contribution in [0.2, 0.25) is 20.1 Å². The van der Waals surface area contributed by atoms with E-state index >= 15 is 0 Å². The third kappa shape index (κ3) is 2.33. The van der Waals surface area contributed by atoms with Crippen LogP contribution in [0.15, 0.2) is 6.07 Å². The smallest absolute Gasteiger partial charge is 0.162 e. The minimum atomic E-state index is -0.806. The molecule has 8 heteroatoms. The SMILES string of the molecule is O=[N+]([O-])Nc1c(Cl)c(Cl)cc(Cl)c1Cl. The molecule has 0 unspecified atom stereocenters. The Hall–Kier alpha value is -0.420. The second-order valence-electron chi connectivity index (χ2n) is 2.21. The first-order valence-electron chi connectivity index (χ1n) is 3.17. The molecule has 0 bridgehead atoms. The van der Waals surface area contributed by atoms with Crippen LogP contribution in [0.1, 0.15) is 0 Å². The van der Waals surface area contributed by atoms with Gasteiger partial charge in [0.1, 0.15) is 5.69 Å². The third-order valence-electron chi connectivity index (χ3n) is 1.31. The molecule has 1 rings (SSSR count). The summed E-state index contributed by atoms with van der Waals surface area (Å²) in [5, 5.41) is 9.47. The van der Waals surface area contributed by atoms with E-state index < -0.39 is 5.03 Å². The summed E-state index contributed by atoms with van der Waals surface area (Å²) >= 11 is 22.6. The van der Waals surface area contributed by atoms with Gasteiger partial charge in [-0.25, -0.2) is 10.1 Å². The zero-order chi connectivity index (χ0) is 10.9. The molecule has 1 aromatic rings. The van der Waals surface area contributed by atoms with Crippen LogP contribution in [0.25, 0.3) is 0 Å². The predicted molar refractivity (Wildman–Crippen MR) is 57.1 cm³/mol. The van der Waals surface area contributed by atoms with E-state index in [9.17, 15) is 10.1 Å². The lowest BCUT2D eigenvalue weighted by atomic mass is 10.3. The number of nitrogens with zero attached hydrogens (tertiary/aromatic N) is 1. The molecule has 0 heterocycles. The summed E-state index contributed by atoms with van der Waals surface area (Å²) in [7, 11) is 0. The summed E-state index contributed by atoms with van der Waals surface area (Å²) in [6.45, 7) is 0. The summed E-state index contributed by atoms with van der Waals surface area (Å²) in [6.07, 6.45) is 0. The number of hydrazine groups is 1. The maximum absolute atomic E-state index is 10.2. The van der Waals surface area contributed by atoms with Crippen LogP contribution in [0.3, 0.4) is 0 Å². The highest BCUT2D eigenvalue weighted by Crippen LogP contribution is 2.40. The number of nitrogens with one attached hydrogen (secondary N) is 1. The molecule has 14 heavy (non-hydrogen) atoms. The van der Waals surface area contributed by atoms with Gasteiger partial charge in [-0.3, -0.25) is 0 Å². The maximum atomic E-state index is 10.2. The molecule has 0 saturated carbocycles. The topological polar surface area (TPSA) is 55.2 Å². The number of anilines is 1. The summed E-state index contributed by atoms with van der Waals surface area (Å²) < 4.78 is 0. The highest BCUT2D eigenvalue weighted by atomic mass is 35.5. The Morgan fingerprint density at radius 3 is 1.93 bits per heavy atom. The maximum Gasteiger partial charge on any atom is 0.162 e. The van der Waals surface area contributed by atoms with E-state index in [0.717, 1.165) is 0 Å². The number of benzene rings is 1. The van der Waals surface area contributed by atoms with Gasteiger partial charge in [-0.15, -0.1) is 5.43 Å². The number of halogens is 4. The first-order valence-corrected chi connectivity index (χ1v) is 4.68. The van der Waals surface area contributed by atoms with Gasteiger partial charge in [0.05, 0.1) is 20.1 Å². The first-order chi connectivity index (χ1) is 6.43. The van der Waals surface area contributed by atoms with Crippen molar-refractivity contribution in [1.82, 2.24) is 0 Å². The second-order valence-corrected chi connectivity index (χ2v) is 3.78. The highest BCUT2D eigenvalue weighted by Gasteiger charge is 2.17. The summed E-state index contributed by atoms with van der Waals surface area (Å²) in [6, 6.07) is 1.30. The molecular formula is C6H2Cl4N2O2. The molecule has 4 nitrogen and oxygen atoms in total. The molecule has 0 aliphatic carbocycles. The molecule has 0 fully saturated rings. The molecule has 1 N–H and O–H groups in total. The molecule has 0 radical (unpaired) electrons. The molecular weight excluding hydrogens is 274 g/mol. The van der Waals surface area contributed by atoms with Crippen molar-refractivity contribution in [3.8, 4) is 0 Å². The fourth-order valence-corrected chi connectivity index (χ4v) is 1.66. The monoisotopic (exact) mass is 274 g/mol. The molecule has 0 saturated heterocycles. The Morgan fingerprint density at radius 1 is 1.14 bits per heavy atom. The van der Waals surface area contributed by atoms with Gasteiger partial charge in [-0.05, 0) is 6.07 Å². The zero-order valence-corrected chi connectivity index (χ0v) is 9.38. The van der Waals surface area contributed by atoms with Crippen molar-refractivity contribution in [1.29, 1.82) is 0 Å². The van der Waals surface area contributed by atoms with Crippen molar-refractivity contribution < 1.29 is 5.03 Å². The average molecular weight is 276 g/mol. The van der Waals surface area contributed by atoms with Crippen molar-refractivity contribution in [2.75, 3.05) is 5.43 Å². The molecule has 0 aromatic heterocycles. The van der Waals surface area contributed by atoms with Gasteiger partial charge in [0, 0.05) is 0 Å². The van der Waals surface area contributed by atoms with Crippen LogP contribution in [-0.4, -0.2) is 5.03 Å². The van der Waals surface area contributed by atoms with Crippen molar-refractivity contribution in [3.05, 3.63) is 36.3 Å². The Balaban J connectivity index is 3.31. The third-order valence-corrected chi connectivity index (χ3v) is 2.89. The minimum Gasteiger partial charge on any atom is -0.235 e. The molecule has 0 amide bonds. The van der Waals surface area contributed by atoms with Crippen molar-refractivity contribution in [2.24, 2.45) is 0 Å².